The zero-order valence-corrected chi connectivity index (χ0v) is 14.7. The van der Waals surface area contributed by atoms with Gasteiger partial charge in [-0.1, -0.05) is 0 Å². The molecule has 27 heavy (non-hydrogen) atoms. The van der Waals surface area contributed by atoms with Crippen LogP contribution in [0.2, 0.25) is 0 Å². The summed E-state index contributed by atoms with van der Waals surface area (Å²) >= 11 is 0. The van der Waals surface area contributed by atoms with Crippen LogP contribution < -0.4 is 10.0 Å². The Bertz CT molecular complexity index is 994. The molecular weight excluding hydrogens is 380 g/mol. The Kier molecular flexibility index (Phi) is 5.08. The van der Waals surface area contributed by atoms with Gasteiger partial charge in [0.15, 0.2) is 11.6 Å². The monoisotopic (exact) mass is 395 g/mol. The third kappa shape index (κ3) is 4.22. The Balaban J connectivity index is 1.74. The fourth-order valence-corrected chi connectivity index (χ4v) is 3.60. The van der Waals surface area contributed by atoms with Gasteiger partial charge in [-0.3, -0.25) is 14.3 Å². The average Bonchev–Trinajstić information content (AvgIpc) is 2.63. The van der Waals surface area contributed by atoms with Crippen molar-refractivity contribution in [3.63, 3.8) is 0 Å². The quantitative estimate of drug-likeness (QED) is 0.817. The van der Waals surface area contributed by atoms with E-state index in [9.17, 15) is 26.8 Å². The number of sulfonamides is 1. The fraction of sp³-hybridized carbons (Fsp3) is 0.176. The van der Waals surface area contributed by atoms with Crippen molar-refractivity contribution < 1.29 is 26.8 Å². The molecule has 0 bridgehead atoms. The number of hydrogen-bond donors (Lipinski definition) is 2. The van der Waals surface area contributed by atoms with Gasteiger partial charge in [-0.05, 0) is 42.5 Å². The van der Waals surface area contributed by atoms with Crippen LogP contribution in [0, 0.1) is 11.6 Å². The lowest BCUT2D eigenvalue weighted by Crippen LogP contribution is -2.49. The summed E-state index contributed by atoms with van der Waals surface area (Å²) in [5.41, 5.74) is 0.438. The van der Waals surface area contributed by atoms with Crippen LogP contribution in [-0.4, -0.2) is 44.8 Å². The summed E-state index contributed by atoms with van der Waals surface area (Å²) in [7, 11) is -4.12. The lowest BCUT2D eigenvalue weighted by Gasteiger charge is -2.26. The van der Waals surface area contributed by atoms with Crippen LogP contribution in [0.4, 0.5) is 14.5 Å². The van der Waals surface area contributed by atoms with Crippen molar-refractivity contribution in [2.75, 3.05) is 24.4 Å². The highest BCUT2D eigenvalue weighted by Crippen LogP contribution is 2.19. The molecule has 0 unspecified atom stereocenters. The molecule has 2 amide bonds. The highest BCUT2D eigenvalue weighted by Gasteiger charge is 2.22. The average molecular weight is 395 g/mol. The largest absolute Gasteiger partial charge is 0.353 e. The van der Waals surface area contributed by atoms with Crippen molar-refractivity contribution in [2.24, 2.45) is 0 Å². The molecule has 1 fully saturated rings. The third-order valence-corrected chi connectivity index (χ3v) is 5.29. The Morgan fingerprint density at radius 2 is 1.78 bits per heavy atom. The van der Waals surface area contributed by atoms with Crippen molar-refractivity contribution in [2.45, 2.75) is 4.90 Å². The predicted octanol–water partition coefficient (Wildman–Crippen LogP) is 1.34. The third-order valence-electron chi connectivity index (χ3n) is 3.91. The smallest absolute Gasteiger partial charge is 0.261 e. The molecule has 10 heteroatoms. The van der Waals surface area contributed by atoms with Crippen LogP contribution in [-0.2, 0) is 14.8 Å². The number of hydrogen-bond acceptors (Lipinski definition) is 4. The molecule has 1 aliphatic rings. The zero-order valence-electron chi connectivity index (χ0n) is 13.9. The molecule has 0 radical (unpaired) electrons. The first-order valence-electron chi connectivity index (χ1n) is 7.90. The number of halogens is 2. The summed E-state index contributed by atoms with van der Waals surface area (Å²) in [4.78, 5) is 24.7. The van der Waals surface area contributed by atoms with Crippen molar-refractivity contribution in [1.29, 1.82) is 0 Å². The van der Waals surface area contributed by atoms with E-state index in [1.165, 1.54) is 29.2 Å². The Morgan fingerprint density at radius 3 is 2.41 bits per heavy atom. The first-order valence-corrected chi connectivity index (χ1v) is 9.38. The molecule has 7 nitrogen and oxygen atoms in total. The van der Waals surface area contributed by atoms with Crippen molar-refractivity contribution in [1.82, 2.24) is 10.2 Å². The van der Waals surface area contributed by atoms with E-state index in [0.29, 0.717) is 24.7 Å². The number of carbonyl (C=O) groups is 2. The maximum atomic E-state index is 13.3. The van der Waals surface area contributed by atoms with Crippen LogP contribution in [0.25, 0.3) is 0 Å². The van der Waals surface area contributed by atoms with E-state index in [2.05, 4.69) is 10.0 Å². The van der Waals surface area contributed by atoms with Gasteiger partial charge >= 0.3 is 0 Å². The van der Waals surface area contributed by atoms with Gasteiger partial charge < -0.3 is 10.2 Å². The van der Waals surface area contributed by atoms with E-state index < -0.39 is 26.6 Å². The SMILES string of the molecule is O=C1CN(C(=O)c2ccc(NS(=O)(=O)c3ccc(F)c(F)c3)cc2)CCN1. The van der Waals surface area contributed by atoms with E-state index in [1.807, 2.05) is 0 Å². The van der Waals surface area contributed by atoms with Crippen molar-refractivity contribution in [3.05, 3.63) is 59.7 Å². The fourth-order valence-electron chi connectivity index (χ4n) is 2.53. The summed E-state index contributed by atoms with van der Waals surface area (Å²) in [5.74, 6) is -3.02. The van der Waals surface area contributed by atoms with Gasteiger partial charge in [-0.25, -0.2) is 17.2 Å². The van der Waals surface area contributed by atoms with E-state index >= 15 is 0 Å². The molecule has 2 N–H and O–H groups in total. The van der Waals surface area contributed by atoms with Crippen LogP contribution in [0.1, 0.15) is 10.4 Å². The molecule has 0 atom stereocenters. The second-order valence-electron chi connectivity index (χ2n) is 5.84. The van der Waals surface area contributed by atoms with E-state index in [4.69, 9.17) is 0 Å². The predicted molar refractivity (Wildman–Crippen MR) is 92.5 cm³/mol. The number of carbonyl (C=O) groups excluding carboxylic acids is 2. The molecule has 0 aromatic heterocycles. The van der Waals surface area contributed by atoms with E-state index in [-0.39, 0.29) is 24.0 Å². The summed E-state index contributed by atoms with van der Waals surface area (Å²) in [5, 5.41) is 2.62. The Morgan fingerprint density at radius 1 is 1.07 bits per heavy atom. The minimum atomic E-state index is -4.12. The molecule has 0 aliphatic carbocycles. The van der Waals surface area contributed by atoms with Gasteiger partial charge in [0.25, 0.3) is 15.9 Å². The highest BCUT2D eigenvalue weighted by atomic mass is 32.2. The van der Waals surface area contributed by atoms with Crippen LogP contribution in [0.15, 0.2) is 47.4 Å². The summed E-state index contributed by atoms with van der Waals surface area (Å²) < 4.78 is 52.9. The van der Waals surface area contributed by atoms with Crippen LogP contribution >= 0.6 is 0 Å². The standard InChI is InChI=1S/C17H15F2N3O4S/c18-14-6-5-13(9-15(14)19)27(25,26)21-12-3-1-11(2-4-12)17(24)22-8-7-20-16(23)10-22/h1-6,9,21H,7-8,10H2,(H,20,23). The number of rotatable bonds is 4. The number of amides is 2. The number of nitrogens with zero attached hydrogens (tertiary/aromatic N) is 1. The normalized spacial score (nSPS) is 14.6. The number of benzene rings is 2. The van der Waals surface area contributed by atoms with Crippen molar-refractivity contribution in [3.8, 4) is 0 Å². The number of anilines is 1. The molecule has 2 aromatic carbocycles. The minimum Gasteiger partial charge on any atom is -0.353 e. The second kappa shape index (κ2) is 7.31. The lowest BCUT2D eigenvalue weighted by atomic mass is 10.1. The van der Waals surface area contributed by atoms with Gasteiger partial charge in [0.05, 0.1) is 11.4 Å². The lowest BCUT2D eigenvalue weighted by molar-refractivity contribution is -0.123. The molecule has 0 spiro atoms. The Labute approximate surface area is 154 Å². The first kappa shape index (κ1) is 18.8. The van der Waals surface area contributed by atoms with Crippen molar-refractivity contribution >= 4 is 27.5 Å². The van der Waals surface area contributed by atoms with E-state index in [1.54, 1.807) is 0 Å². The van der Waals surface area contributed by atoms with Gasteiger partial charge in [-0.2, -0.15) is 0 Å². The maximum absolute atomic E-state index is 13.3. The molecule has 3 rings (SSSR count). The summed E-state index contributed by atoms with van der Waals surface area (Å²) in [6.45, 7) is 0.717. The molecule has 1 heterocycles. The van der Waals surface area contributed by atoms with E-state index in [0.717, 1.165) is 12.1 Å². The molecule has 142 valence electrons. The number of nitrogens with one attached hydrogen (secondary N) is 2. The molecule has 0 saturated carbocycles. The molecule has 1 saturated heterocycles. The summed E-state index contributed by atoms with van der Waals surface area (Å²) in [6, 6.07) is 7.82. The van der Waals surface area contributed by atoms with Gasteiger partial charge in [0, 0.05) is 24.3 Å². The van der Waals surface area contributed by atoms with Crippen LogP contribution in [0.3, 0.4) is 0 Å². The zero-order chi connectivity index (χ0) is 19.6. The van der Waals surface area contributed by atoms with Gasteiger partial charge in [0.1, 0.15) is 0 Å². The second-order valence-corrected chi connectivity index (χ2v) is 7.52. The summed E-state index contributed by atoms with van der Waals surface area (Å²) in [6.07, 6.45) is 0. The maximum Gasteiger partial charge on any atom is 0.261 e. The minimum absolute atomic E-state index is 0.0383. The topological polar surface area (TPSA) is 95.6 Å². The van der Waals surface area contributed by atoms with Crippen LogP contribution in [0.5, 0.6) is 0 Å². The highest BCUT2D eigenvalue weighted by molar-refractivity contribution is 7.92. The molecule has 1 aliphatic heterocycles. The first-order chi connectivity index (χ1) is 12.8. The Hall–Kier alpha value is -3.01. The van der Waals surface area contributed by atoms with Gasteiger partial charge in [-0.15, -0.1) is 0 Å². The van der Waals surface area contributed by atoms with Gasteiger partial charge in [0.2, 0.25) is 5.91 Å². The molecular formula is C17H15F2N3O4S. The number of piperazine rings is 1. The molecule has 2 aromatic rings.